The standard InChI is InChI=1S/C23H36/c1-2-8-17-16(5-1)13-20-18-9-3-6-14-11-12-15-7-4-10-19(23(17)20)22(15)21(14)18/h14-23H,1-13H2. The summed E-state index contributed by atoms with van der Waals surface area (Å²) in [4.78, 5) is 0. The first kappa shape index (κ1) is 14.2. The first-order valence-corrected chi connectivity index (χ1v) is 11.4. The average Bonchev–Trinajstić information content (AvgIpc) is 3.00. The highest BCUT2D eigenvalue weighted by Crippen LogP contribution is 2.68. The second-order valence-electron chi connectivity index (χ2n) is 10.6. The van der Waals surface area contributed by atoms with Gasteiger partial charge in [-0.15, -0.1) is 0 Å². The Balaban J connectivity index is 1.42. The van der Waals surface area contributed by atoms with Gasteiger partial charge in [-0.2, -0.15) is 0 Å². The lowest BCUT2D eigenvalue weighted by Gasteiger charge is -2.62. The number of hydrogen-bond acceptors (Lipinski definition) is 0. The first-order chi connectivity index (χ1) is 11.4. The van der Waals surface area contributed by atoms with E-state index in [0.717, 1.165) is 0 Å². The molecular formula is C23H36. The third kappa shape index (κ3) is 1.90. The Bertz CT molecular complexity index is 467. The molecule has 6 aliphatic carbocycles. The Hall–Kier alpha value is 0. The summed E-state index contributed by atoms with van der Waals surface area (Å²) in [5, 5.41) is 0. The maximum atomic E-state index is 1.68. The minimum Gasteiger partial charge on any atom is -0.0530 e. The zero-order chi connectivity index (χ0) is 15.0. The topological polar surface area (TPSA) is 0 Å². The molecular weight excluding hydrogens is 276 g/mol. The minimum absolute atomic E-state index is 1.17. The molecule has 128 valence electrons. The number of rotatable bonds is 0. The van der Waals surface area contributed by atoms with Crippen molar-refractivity contribution in [3.05, 3.63) is 0 Å². The van der Waals surface area contributed by atoms with Crippen LogP contribution in [0.5, 0.6) is 0 Å². The van der Waals surface area contributed by atoms with Gasteiger partial charge in [0.05, 0.1) is 0 Å². The third-order valence-corrected chi connectivity index (χ3v) is 10.2. The Morgan fingerprint density at radius 1 is 0.348 bits per heavy atom. The fraction of sp³-hybridized carbons (Fsp3) is 1.00. The van der Waals surface area contributed by atoms with Crippen molar-refractivity contribution < 1.29 is 0 Å². The zero-order valence-electron chi connectivity index (χ0n) is 15.0. The van der Waals surface area contributed by atoms with Crippen LogP contribution in [0.4, 0.5) is 0 Å². The van der Waals surface area contributed by atoms with Crippen LogP contribution in [0.15, 0.2) is 0 Å². The van der Waals surface area contributed by atoms with Gasteiger partial charge < -0.3 is 0 Å². The summed E-state index contributed by atoms with van der Waals surface area (Å²) in [6.45, 7) is 0. The summed E-state index contributed by atoms with van der Waals surface area (Å²) in [7, 11) is 0. The van der Waals surface area contributed by atoms with E-state index in [2.05, 4.69) is 0 Å². The van der Waals surface area contributed by atoms with Gasteiger partial charge in [-0.1, -0.05) is 44.9 Å². The van der Waals surface area contributed by atoms with Gasteiger partial charge in [0, 0.05) is 0 Å². The van der Waals surface area contributed by atoms with Gasteiger partial charge in [0.1, 0.15) is 0 Å². The molecule has 0 aromatic heterocycles. The van der Waals surface area contributed by atoms with Crippen LogP contribution in [0.25, 0.3) is 0 Å². The fourth-order valence-corrected chi connectivity index (χ4v) is 9.91. The number of hydrogen-bond donors (Lipinski definition) is 0. The van der Waals surface area contributed by atoms with Gasteiger partial charge in [0.25, 0.3) is 0 Å². The molecule has 0 N–H and O–H groups in total. The first-order valence-electron chi connectivity index (χ1n) is 11.4. The maximum absolute atomic E-state index is 1.68. The summed E-state index contributed by atoms with van der Waals surface area (Å²) < 4.78 is 0. The highest BCUT2D eigenvalue weighted by Gasteiger charge is 2.61. The molecule has 6 saturated carbocycles. The normalized spacial score (nSPS) is 60.5. The molecule has 0 aromatic carbocycles. The van der Waals surface area contributed by atoms with E-state index < -0.39 is 0 Å². The van der Waals surface area contributed by atoms with E-state index in [1.807, 2.05) is 0 Å². The molecule has 23 heavy (non-hydrogen) atoms. The maximum Gasteiger partial charge on any atom is -0.0321 e. The van der Waals surface area contributed by atoms with Crippen molar-refractivity contribution in [2.24, 2.45) is 59.2 Å². The van der Waals surface area contributed by atoms with Crippen LogP contribution in [0, 0.1) is 59.2 Å². The second-order valence-corrected chi connectivity index (χ2v) is 10.6. The van der Waals surface area contributed by atoms with E-state index in [1.165, 1.54) is 59.2 Å². The summed E-state index contributed by atoms with van der Waals surface area (Å²) >= 11 is 0. The zero-order valence-corrected chi connectivity index (χ0v) is 15.0. The highest BCUT2D eigenvalue weighted by atomic mass is 14.7. The van der Waals surface area contributed by atoms with Crippen LogP contribution in [0.2, 0.25) is 0 Å². The van der Waals surface area contributed by atoms with E-state index in [9.17, 15) is 0 Å². The van der Waals surface area contributed by atoms with E-state index in [0.29, 0.717) is 0 Å². The molecule has 6 rings (SSSR count). The van der Waals surface area contributed by atoms with Crippen LogP contribution in [-0.2, 0) is 0 Å². The largest absolute Gasteiger partial charge is 0.0530 e. The minimum atomic E-state index is 1.17. The summed E-state index contributed by atoms with van der Waals surface area (Å²) in [5.41, 5.74) is 0. The van der Waals surface area contributed by atoms with Crippen molar-refractivity contribution in [1.29, 1.82) is 0 Å². The summed E-state index contributed by atoms with van der Waals surface area (Å²) in [6, 6.07) is 0. The Labute approximate surface area is 143 Å². The molecule has 0 aliphatic heterocycles. The molecule has 0 heteroatoms. The molecule has 0 amide bonds. The molecule has 0 heterocycles. The summed E-state index contributed by atoms with van der Waals surface area (Å²) in [6.07, 6.45) is 21.0. The third-order valence-electron chi connectivity index (χ3n) is 10.2. The Morgan fingerprint density at radius 2 is 0.957 bits per heavy atom. The van der Waals surface area contributed by atoms with Crippen molar-refractivity contribution in [2.45, 2.75) is 83.5 Å². The van der Waals surface area contributed by atoms with Gasteiger partial charge in [-0.25, -0.2) is 0 Å². The van der Waals surface area contributed by atoms with Crippen LogP contribution in [0.3, 0.4) is 0 Å². The molecule has 0 saturated heterocycles. The van der Waals surface area contributed by atoms with E-state index >= 15 is 0 Å². The van der Waals surface area contributed by atoms with Crippen molar-refractivity contribution in [2.75, 3.05) is 0 Å². The predicted molar refractivity (Wildman–Crippen MR) is 94.9 cm³/mol. The number of fused-ring (bicyclic) bond motifs is 5. The van der Waals surface area contributed by atoms with Crippen LogP contribution in [0.1, 0.15) is 83.5 Å². The highest BCUT2D eigenvalue weighted by molar-refractivity contribution is 5.10. The van der Waals surface area contributed by atoms with Crippen LogP contribution in [-0.4, -0.2) is 0 Å². The molecule has 10 atom stereocenters. The quantitative estimate of drug-likeness (QED) is 0.492. The molecule has 0 aromatic rings. The predicted octanol–water partition coefficient (Wildman–Crippen LogP) is 6.30. The molecule has 0 bridgehead atoms. The van der Waals surface area contributed by atoms with Gasteiger partial charge in [-0.3, -0.25) is 0 Å². The lowest BCUT2D eigenvalue weighted by atomic mass is 9.43. The SMILES string of the molecule is C1CCC2C(C1)CC1C3CCCC4CCC5CCCC(C21)C5C43. The van der Waals surface area contributed by atoms with Crippen molar-refractivity contribution >= 4 is 0 Å². The van der Waals surface area contributed by atoms with Crippen LogP contribution >= 0.6 is 0 Å². The molecule has 0 nitrogen and oxygen atoms in total. The Kier molecular flexibility index (Phi) is 3.24. The van der Waals surface area contributed by atoms with Crippen LogP contribution < -0.4 is 0 Å². The lowest BCUT2D eigenvalue weighted by Crippen LogP contribution is -2.55. The van der Waals surface area contributed by atoms with Crippen molar-refractivity contribution in [1.82, 2.24) is 0 Å². The van der Waals surface area contributed by atoms with E-state index in [-0.39, 0.29) is 0 Å². The lowest BCUT2D eigenvalue weighted by molar-refractivity contribution is -0.133. The molecule has 0 spiro atoms. The van der Waals surface area contributed by atoms with Gasteiger partial charge >= 0.3 is 0 Å². The Morgan fingerprint density at radius 3 is 1.78 bits per heavy atom. The molecule has 6 aliphatic rings. The van der Waals surface area contributed by atoms with Gasteiger partial charge in [-0.05, 0) is 97.7 Å². The fourth-order valence-electron chi connectivity index (χ4n) is 9.91. The summed E-state index contributed by atoms with van der Waals surface area (Å²) in [5.74, 6) is 11.9. The monoisotopic (exact) mass is 312 g/mol. The van der Waals surface area contributed by atoms with Gasteiger partial charge in [0.2, 0.25) is 0 Å². The second kappa shape index (κ2) is 5.25. The molecule has 6 fully saturated rings. The van der Waals surface area contributed by atoms with Crippen molar-refractivity contribution in [3.8, 4) is 0 Å². The molecule has 0 radical (unpaired) electrons. The van der Waals surface area contributed by atoms with Crippen molar-refractivity contribution in [3.63, 3.8) is 0 Å². The van der Waals surface area contributed by atoms with Gasteiger partial charge in [0.15, 0.2) is 0 Å². The molecule has 10 unspecified atom stereocenters. The van der Waals surface area contributed by atoms with E-state index in [1.54, 1.807) is 83.5 Å². The smallest absolute Gasteiger partial charge is 0.0321 e. The average molecular weight is 313 g/mol. The van der Waals surface area contributed by atoms with E-state index in [4.69, 9.17) is 0 Å².